The van der Waals surface area contributed by atoms with Gasteiger partial charge in [0, 0.05) is 12.6 Å². The average Bonchev–Trinajstić information content (AvgIpc) is 2.28. The van der Waals surface area contributed by atoms with E-state index in [1.54, 1.807) is 12.1 Å². The van der Waals surface area contributed by atoms with Gasteiger partial charge in [-0.05, 0) is 50.3 Å². The van der Waals surface area contributed by atoms with Crippen molar-refractivity contribution in [2.24, 2.45) is 5.92 Å². The predicted molar refractivity (Wildman–Crippen MR) is 71.7 cm³/mol. The Hall–Kier alpha value is -1.51. The van der Waals surface area contributed by atoms with E-state index >= 15 is 0 Å². The largest absolute Gasteiger partial charge is 0.507 e. The Bertz CT molecular complexity index is 456. The Labute approximate surface area is 108 Å². The number of benzene rings is 1. The van der Waals surface area contributed by atoms with E-state index in [9.17, 15) is 9.90 Å². The Morgan fingerprint density at radius 2 is 2.11 bits per heavy atom. The van der Waals surface area contributed by atoms with Crippen LogP contribution in [0.1, 0.15) is 42.6 Å². The number of phenols is 1. The number of amides is 1. The minimum Gasteiger partial charge on any atom is -0.507 e. The number of aryl methyl sites for hydroxylation is 1. The Kier molecular flexibility index (Phi) is 3.60. The van der Waals surface area contributed by atoms with Gasteiger partial charge in [-0.3, -0.25) is 4.79 Å². The smallest absolute Gasteiger partial charge is 0.257 e. The molecule has 0 aliphatic carbocycles. The van der Waals surface area contributed by atoms with Crippen LogP contribution in [0.5, 0.6) is 5.75 Å². The zero-order valence-electron chi connectivity index (χ0n) is 11.3. The third-order valence-electron chi connectivity index (χ3n) is 3.78. The summed E-state index contributed by atoms with van der Waals surface area (Å²) in [5.74, 6) is 0.716. The molecule has 1 amide bonds. The molecular formula is C15H21NO2. The van der Waals surface area contributed by atoms with Crippen LogP contribution in [0.25, 0.3) is 0 Å². The van der Waals surface area contributed by atoms with Crippen molar-refractivity contribution in [3.8, 4) is 5.75 Å². The molecule has 3 nitrogen and oxygen atoms in total. The number of nitrogens with zero attached hydrogens (tertiary/aromatic N) is 1. The molecule has 2 rings (SSSR count). The van der Waals surface area contributed by atoms with Gasteiger partial charge < -0.3 is 10.0 Å². The van der Waals surface area contributed by atoms with Crippen molar-refractivity contribution in [3.63, 3.8) is 0 Å². The molecule has 2 atom stereocenters. The summed E-state index contributed by atoms with van der Waals surface area (Å²) in [6.07, 6.45) is 2.08. The van der Waals surface area contributed by atoms with Gasteiger partial charge in [0.2, 0.25) is 0 Å². The molecule has 1 saturated heterocycles. The van der Waals surface area contributed by atoms with Crippen LogP contribution in [-0.4, -0.2) is 28.5 Å². The van der Waals surface area contributed by atoms with Crippen LogP contribution in [0.4, 0.5) is 0 Å². The highest BCUT2D eigenvalue weighted by molar-refractivity contribution is 5.97. The lowest BCUT2D eigenvalue weighted by Gasteiger charge is -2.36. The molecular weight excluding hydrogens is 226 g/mol. The zero-order chi connectivity index (χ0) is 13.3. The molecule has 1 aromatic carbocycles. The fraction of sp³-hybridized carbons (Fsp3) is 0.533. The summed E-state index contributed by atoms with van der Waals surface area (Å²) in [7, 11) is 0. The number of carbonyl (C=O) groups is 1. The van der Waals surface area contributed by atoms with Crippen LogP contribution < -0.4 is 0 Å². The van der Waals surface area contributed by atoms with Crippen LogP contribution in [0.15, 0.2) is 18.2 Å². The van der Waals surface area contributed by atoms with Gasteiger partial charge in [0.25, 0.3) is 5.91 Å². The molecule has 1 aromatic rings. The summed E-state index contributed by atoms with van der Waals surface area (Å²) < 4.78 is 0. The molecule has 98 valence electrons. The lowest BCUT2D eigenvalue weighted by Crippen LogP contribution is -2.44. The lowest BCUT2D eigenvalue weighted by molar-refractivity contribution is 0.0585. The van der Waals surface area contributed by atoms with Crippen LogP contribution in [0, 0.1) is 12.8 Å². The second kappa shape index (κ2) is 5.01. The summed E-state index contributed by atoms with van der Waals surface area (Å²) in [5, 5.41) is 9.88. The molecule has 1 N–H and O–H groups in total. The van der Waals surface area contributed by atoms with E-state index in [1.165, 1.54) is 0 Å². The maximum atomic E-state index is 12.4. The molecule has 3 heteroatoms. The van der Waals surface area contributed by atoms with E-state index in [0.717, 1.165) is 24.9 Å². The molecule has 0 radical (unpaired) electrons. The van der Waals surface area contributed by atoms with Crippen molar-refractivity contribution in [2.75, 3.05) is 6.54 Å². The van der Waals surface area contributed by atoms with E-state index in [4.69, 9.17) is 0 Å². The molecule has 0 saturated carbocycles. The van der Waals surface area contributed by atoms with Gasteiger partial charge in [0.15, 0.2) is 0 Å². The highest BCUT2D eigenvalue weighted by Gasteiger charge is 2.28. The van der Waals surface area contributed by atoms with Crippen LogP contribution in [0.2, 0.25) is 0 Å². The first-order chi connectivity index (χ1) is 8.49. The second-order valence-corrected chi connectivity index (χ2v) is 5.50. The molecule has 2 unspecified atom stereocenters. The standard InChI is InChI=1S/C15H21NO2/c1-10-4-5-13(14(17)9-10)15(18)16-7-6-11(2)8-12(16)3/h4-5,9,11-12,17H,6-8H2,1-3H3. The van der Waals surface area contributed by atoms with E-state index in [-0.39, 0.29) is 17.7 Å². The molecule has 1 fully saturated rings. The molecule has 0 spiro atoms. The number of piperidine rings is 1. The lowest BCUT2D eigenvalue weighted by atomic mass is 9.92. The van der Waals surface area contributed by atoms with Crippen molar-refractivity contribution >= 4 is 5.91 Å². The highest BCUT2D eigenvalue weighted by Crippen LogP contribution is 2.26. The van der Waals surface area contributed by atoms with E-state index in [2.05, 4.69) is 13.8 Å². The number of hydrogen-bond donors (Lipinski definition) is 1. The quantitative estimate of drug-likeness (QED) is 0.828. The number of likely N-dealkylation sites (tertiary alicyclic amines) is 1. The van der Waals surface area contributed by atoms with Gasteiger partial charge in [-0.25, -0.2) is 0 Å². The van der Waals surface area contributed by atoms with Gasteiger partial charge >= 0.3 is 0 Å². The monoisotopic (exact) mass is 247 g/mol. The number of hydrogen-bond acceptors (Lipinski definition) is 2. The van der Waals surface area contributed by atoms with Gasteiger partial charge in [0.1, 0.15) is 5.75 Å². The van der Waals surface area contributed by atoms with E-state index in [1.807, 2.05) is 17.9 Å². The predicted octanol–water partition coefficient (Wildman–Crippen LogP) is 2.96. The normalized spacial score (nSPS) is 24.1. The third kappa shape index (κ3) is 2.50. The van der Waals surface area contributed by atoms with Crippen LogP contribution in [-0.2, 0) is 0 Å². The SMILES string of the molecule is Cc1ccc(C(=O)N2CCC(C)CC2C)c(O)c1. The molecule has 0 aromatic heterocycles. The summed E-state index contributed by atoms with van der Waals surface area (Å²) in [6.45, 7) is 6.99. The minimum absolute atomic E-state index is 0.0492. The Morgan fingerprint density at radius 3 is 2.72 bits per heavy atom. The van der Waals surface area contributed by atoms with Gasteiger partial charge in [-0.15, -0.1) is 0 Å². The van der Waals surface area contributed by atoms with Crippen molar-refractivity contribution in [3.05, 3.63) is 29.3 Å². The average molecular weight is 247 g/mol. The maximum Gasteiger partial charge on any atom is 0.257 e. The summed E-state index contributed by atoms with van der Waals surface area (Å²) >= 11 is 0. The van der Waals surface area contributed by atoms with Crippen molar-refractivity contribution in [1.82, 2.24) is 4.90 Å². The van der Waals surface area contributed by atoms with Crippen molar-refractivity contribution < 1.29 is 9.90 Å². The first-order valence-electron chi connectivity index (χ1n) is 6.59. The van der Waals surface area contributed by atoms with Crippen LogP contribution >= 0.6 is 0 Å². The molecule has 0 bridgehead atoms. The van der Waals surface area contributed by atoms with Crippen molar-refractivity contribution in [1.29, 1.82) is 0 Å². The van der Waals surface area contributed by atoms with Crippen molar-refractivity contribution in [2.45, 2.75) is 39.7 Å². The Balaban J connectivity index is 2.20. The number of phenolic OH excluding ortho intramolecular Hbond substituents is 1. The van der Waals surface area contributed by atoms with Crippen LogP contribution in [0.3, 0.4) is 0 Å². The number of aromatic hydroxyl groups is 1. The summed E-state index contributed by atoms with van der Waals surface area (Å²) in [4.78, 5) is 14.3. The van der Waals surface area contributed by atoms with Gasteiger partial charge in [0.05, 0.1) is 5.56 Å². The minimum atomic E-state index is -0.0492. The van der Waals surface area contributed by atoms with Gasteiger partial charge in [-0.2, -0.15) is 0 Å². The molecule has 1 aliphatic rings. The van der Waals surface area contributed by atoms with Gasteiger partial charge in [-0.1, -0.05) is 13.0 Å². The first kappa shape index (κ1) is 12.9. The number of rotatable bonds is 1. The first-order valence-corrected chi connectivity index (χ1v) is 6.59. The molecule has 1 heterocycles. The maximum absolute atomic E-state index is 12.4. The van der Waals surface area contributed by atoms with E-state index in [0.29, 0.717) is 11.5 Å². The third-order valence-corrected chi connectivity index (χ3v) is 3.78. The summed E-state index contributed by atoms with van der Waals surface area (Å²) in [5.41, 5.74) is 1.38. The fourth-order valence-electron chi connectivity index (χ4n) is 2.69. The highest BCUT2D eigenvalue weighted by atomic mass is 16.3. The topological polar surface area (TPSA) is 40.5 Å². The number of carbonyl (C=O) groups excluding carboxylic acids is 1. The molecule has 18 heavy (non-hydrogen) atoms. The Morgan fingerprint density at radius 1 is 1.39 bits per heavy atom. The molecule has 1 aliphatic heterocycles. The zero-order valence-corrected chi connectivity index (χ0v) is 11.3. The summed E-state index contributed by atoms with van der Waals surface area (Å²) in [6, 6.07) is 5.48. The second-order valence-electron chi connectivity index (χ2n) is 5.50. The fourth-order valence-corrected chi connectivity index (χ4v) is 2.69. The van der Waals surface area contributed by atoms with E-state index < -0.39 is 0 Å².